The van der Waals surface area contributed by atoms with E-state index in [1.807, 2.05) is 24.0 Å². The molecule has 0 bridgehead atoms. The average Bonchev–Trinajstić information content (AvgIpc) is 2.69. The van der Waals surface area contributed by atoms with Crippen LogP contribution in [0.3, 0.4) is 0 Å². The van der Waals surface area contributed by atoms with Gasteiger partial charge in [-0.25, -0.2) is 0 Å². The van der Waals surface area contributed by atoms with Gasteiger partial charge in [0.2, 0.25) is 0 Å². The molecule has 7 nitrogen and oxygen atoms in total. The summed E-state index contributed by atoms with van der Waals surface area (Å²) in [5, 5.41) is 10.4. The lowest BCUT2D eigenvalue weighted by atomic mass is 10.1. The number of phenols is 1. The number of methoxy groups -OCH3 is 1. The molecule has 8 heteroatoms. The van der Waals surface area contributed by atoms with Gasteiger partial charge in [-0.2, -0.15) is 0 Å². The van der Waals surface area contributed by atoms with E-state index >= 15 is 0 Å². The Hall–Kier alpha value is -2.08. The Balaban J connectivity index is 2.56. The zero-order chi connectivity index (χ0) is 20.6. The van der Waals surface area contributed by atoms with Crippen LogP contribution in [0.4, 0.5) is 11.4 Å². The van der Waals surface area contributed by atoms with Gasteiger partial charge in [0.15, 0.2) is 11.5 Å². The number of hydrogen-bond donors (Lipinski definition) is 1. The molecule has 0 spiro atoms. The highest BCUT2D eigenvalue weighted by Gasteiger charge is 2.29. The minimum Gasteiger partial charge on any atom is -0.504 e. The van der Waals surface area contributed by atoms with Crippen LogP contribution in [0.15, 0.2) is 36.7 Å². The topological polar surface area (TPSA) is 81.1 Å². The van der Waals surface area contributed by atoms with Crippen molar-refractivity contribution in [1.29, 1.82) is 0 Å². The fourth-order valence-corrected chi connectivity index (χ4v) is 4.63. The molecule has 28 heavy (non-hydrogen) atoms. The van der Waals surface area contributed by atoms with Crippen LogP contribution in [0.25, 0.3) is 0 Å². The first-order valence-corrected chi connectivity index (χ1v) is 11.2. The Morgan fingerprint density at radius 3 is 2.39 bits per heavy atom. The number of hydrogen-bond acceptors (Lipinski definition) is 7. The number of pyridine rings is 1. The lowest BCUT2D eigenvalue weighted by Gasteiger charge is -2.29. The number of rotatable bonds is 11. The highest BCUT2D eigenvalue weighted by molar-refractivity contribution is 7.54. The number of aromatic hydroxyl groups is 1. The van der Waals surface area contributed by atoms with Gasteiger partial charge < -0.3 is 23.8 Å². The molecule has 1 aromatic heterocycles. The first kappa shape index (κ1) is 22.2. The molecule has 0 amide bonds. The number of aromatic nitrogens is 1. The molecular weight excluding hydrogens is 379 g/mol. The number of benzene rings is 1. The van der Waals surface area contributed by atoms with E-state index in [0.717, 1.165) is 17.7 Å². The van der Waals surface area contributed by atoms with E-state index in [9.17, 15) is 9.67 Å². The minimum atomic E-state index is -3.38. The molecule has 0 aliphatic carbocycles. The summed E-state index contributed by atoms with van der Waals surface area (Å²) in [5.41, 5.74) is 2.21. The van der Waals surface area contributed by atoms with Crippen molar-refractivity contribution in [2.24, 2.45) is 0 Å². The van der Waals surface area contributed by atoms with Crippen molar-refractivity contribution in [3.05, 3.63) is 42.2 Å². The molecule has 0 atom stereocenters. The maximum atomic E-state index is 13.2. The molecule has 0 saturated heterocycles. The van der Waals surface area contributed by atoms with Gasteiger partial charge in [-0.05, 0) is 44.0 Å². The third-order valence-corrected chi connectivity index (χ3v) is 6.05. The Kier molecular flexibility index (Phi) is 8.30. The molecule has 154 valence electrons. The normalized spacial score (nSPS) is 11.4. The fourth-order valence-electron chi connectivity index (χ4n) is 2.93. The molecule has 0 saturated carbocycles. The predicted molar refractivity (Wildman–Crippen MR) is 111 cm³/mol. The zero-order valence-corrected chi connectivity index (χ0v) is 17.8. The smallest absolute Gasteiger partial charge is 0.350 e. The quantitative estimate of drug-likeness (QED) is 0.518. The highest BCUT2D eigenvalue weighted by Crippen LogP contribution is 2.51. The van der Waals surface area contributed by atoms with Gasteiger partial charge >= 0.3 is 7.60 Å². The maximum absolute atomic E-state index is 13.2. The number of phenolic OH excluding ortho intramolecular Hbond substituents is 1. The Morgan fingerprint density at radius 1 is 1.14 bits per heavy atom. The second kappa shape index (κ2) is 10.5. The Bertz CT molecular complexity index is 791. The van der Waals surface area contributed by atoms with E-state index in [0.29, 0.717) is 17.9 Å². The first-order chi connectivity index (χ1) is 13.5. The number of aryl methyl sites for hydroxylation is 1. The van der Waals surface area contributed by atoms with Gasteiger partial charge in [0.1, 0.15) is 6.29 Å². The third kappa shape index (κ3) is 5.47. The van der Waals surface area contributed by atoms with Crippen molar-refractivity contribution in [3.63, 3.8) is 0 Å². The summed E-state index contributed by atoms with van der Waals surface area (Å²) in [6.45, 7) is 6.15. The van der Waals surface area contributed by atoms with Crippen LogP contribution in [0.5, 0.6) is 11.5 Å². The predicted octanol–water partition coefficient (Wildman–Crippen LogP) is 5.11. The molecule has 1 N–H and O–H groups in total. The average molecular weight is 408 g/mol. The van der Waals surface area contributed by atoms with Gasteiger partial charge in [0, 0.05) is 18.0 Å². The Morgan fingerprint density at radius 2 is 1.86 bits per heavy atom. The minimum absolute atomic E-state index is 0.0138. The summed E-state index contributed by atoms with van der Waals surface area (Å²) < 4.78 is 29.6. The molecule has 2 rings (SSSR count). The summed E-state index contributed by atoms with van der Waals surface area (Å²) in [6.07, 6.45) is 4.92. The second-order valence-electron chi connectivity index (χ2n) is 6.13. The van der Waals surface area contributed by atoms with Crippen molar-refractivity contribution in [3.8, 4) is 11.5 Å². The molecule has 0 unspecified atom stereocenters. The van der Waals surface area contributed by atoms with Crippen LogP contribution < -0.4 is 9.64 Å². The molecule has 0 radical (unpaired) electrons. The summed E-state index contributed by atoms with van der Waals surface area (Å²) in [7, 11) is -1.87. The van der Waals surface area contributed by atoms with E-state index in [-0.39, 0.29) is 25.2 Å². The summed E-state index contributed by atoms with van der Waals surface area (Å²) >= 11 is 0. The fraction of sp³-hybridized carbons (Fsp3) is 0.450. The molecular formula is C20H29N2O5P. The van der Waals surface area contributed by atoms with Crippen molar-refractivity contribution in [2.75, 3.05) is 31.5 Å². The van der Waals surface area contributed by atoms with Crippen LogP contribution in [-0.4, -0.2) is 36.7 Å². The molecule has 0 aliphatic heterocycles. The van der Waals surface area contributed by atoms with E-state index in [2.05, 4.69) is 4.98 Å². The van der Waals surface area contributed by atoms with Crippen LogP contribution in [0, 0.1) is 0 Å². The van der Waals surface area contributed by atoms with E-state index < -0.39 is 7.60 Å². The lowest BCUT2D eigenvalue weighted by Crippen LogP contribution is -2.21. The van der Waals surface area contributed by atoms with E-state index in [1.54, 1.807) is 38.4 Å². The standard InChI is InChI=1S/C20H29N2O5P/c1-5-9-16-12-18(13-19(25-4)20(16)23)22(17-10-8-11-21-14-17)15-28(24,26-6-2)27-7-3/h8,10-14,23H,5-7,9,15H2,1-4H3. The Labute approximate surface area is 166 Å². The second-order valence-corrected chi connectivity index (χ2v) is 8.15. The van der Waals surface area contributed by atoms with Gasteiger partial charge in [-0.1, -0.05) is 13.3 Å². The first-order valence-electron chi connectivity index (χ1n) is 9.43. The summed E-state index contributed by atoms with van der Waals surface area (Å²) in [6, 6.07) is 7.26. The number of nitrogens with zero attached hydrogens (tertiary/aromatic N) is 2. The number of ether oxygens (including phenoxy) is 1. The third-order valence-electron chi connectivity index (χ3n) is 4.11. The molecule has 0 aliphatic rings. The molecule has 1 aromatic carbocycles. The maximum Gasteiger partial charge on any atom is 0.350 e. The lowest BCUT2D eigenvalue weighted by molar-refractivity contribution is 0.220. The van der Waals surface area contributed by atoms with Crippen LogP contribution in [0.2, 0.25) is 0 Å². The zero-order valence-electron chi connectivity index (χ0n) is 16.9. The monoisotopic (exact) mass is 408 g/mol. The molecule has 0 fully saturated rings. The van der Waals surface area contributed by atoms with Crippen molar-refractivity contribution >= 4 is 19.0 Å². The molecule has 1 heterocycles. The summed E-state index contributed by atoms with van der Waals surface area (Å²) in [4.78, 5) is 6.00. The van der Waals surface area contributed by atoms with Crippen molar-refractivity contribution in [1.82, 2.24) is 4.98 Å². The van der Waals surface area contributed by atoms with E-state index in [1.165, 1.54) is 7.11 Å². The van der Waals surface area contributed by atoms with Gasteiger partial charge in [-0.15, -0.1) is 0 Å². The van der Waals surface area contributed by atoms with Crippen molar-refractivity contribution < 1.29 is 23.5 Å². The SMILES string of the molecule is CCCc1cc(N(CP(=O)(OCC)OCC)c2cccnc2)cc(OC)c1O. The van der Waals surface area contributed by atoms with Gasteiger partial charge in [0.05, 0.1) is 32.2 Å². The van der Waals surface area contributed by atoms with Crippen molar-refractivity contribution in [2.45, 2.75) is 33.6 Å². The molecule has 2 aromatic rings. The van der Waals surface area contributed by atoms with Gasteiger partial charge in [-0.3, -0.25) is 9.55 Å². The highest BCUT2D eigenvalue weighted by atomic mass is 31.2. The van der Waals surface area contributed by atoms with Crippen LogP contribution in [-0.2, 0) is 20.0 Å². The van der Waals surface area contributed by atoms with Crippen LogP contribution in [0.1, 0.15) is 32.8 Å². The van der Waals surface area contributed by atoms with Gasteiger partial charge in [0.25, 0.3) is 0 Å². The van der Waals surface area contributed by atoms with Crippen LogP contribution >= 0.6 is 7.60 Å². The number of anilines is 2. The summed E-state index contributed by atoms with van der Waals surface area (Å²) in [5.74, 6) is 0.481. The van der Waals surface area contributed by atoms with E-state index in [4.69, 9.17) is 13.8 Å². The largest absolute Gasteiger partial charge is 0.504 e.